The van der Waals surface area contributed by atoms with E-state index in [0.717, 1.165) is 0 Å². The SMILES string of the molecule is c1ccc(-[c-]2[c-](-c3ccccc3)[c-]2-c2ccccc2)cc1. The van der Waals surface area contributed by atoms with Gasteiger partial charge >= 0.3 is 0 Å². The number of hydrogen-bond acceptors (Lipinski definition) is 0. The van der Waals surface area contributed by atoms with Gasteiger partial charge in [-0.2, -0.15) is 12.1 Å². The molecule has 4 aromatic carbocycles. The molecule has 0 amide bonds. The zero-order chi connectivity index (χ0) is 14.1. The summed E-state index contributed by atoms with van der Waals surface area (Å²) in [6.07, 6.45) is 0. The largest absolute Gasteiger partial charge is 0.377 e. The first-order valence-electron chi connectivity index (χ1n) is 7.23. The van der Waals surface area contributed by atoms with Gasteiger partial charge in [-0.25, -0.2) is 11.1 Å². The van der Waals surface area contributed by atoms with E-state index in [0.29, 0.717) is 0 Å². The fourth-order valence-electron chi connectivity index (χ4n) is 2.87. The Morgan fingerprint density at radius 2 is 0.571 bits per heavy atom. The Bertz CT molecular complexity index is 683. The lowest BCUT2D eigenvalue weighted by molar-refractivity contribution is 1.69. The van der Waals surface area contributed by atoms with Gasteiger partial charge in [-0.15, -0.1) is 36.4 Å². The standard InChI is InChI=1S/C21H15/c1-4-10-16(11-5-1)19-20(17-12-6-2-7-13-17)21(19)18-14-8-3-9-15-18/h1-15H/q-3. The van der Waals surface area contributed by atoms with E-state index in [4.69, 9.17) is 0 Å². The van der Waals surface area contributed by atoms with E-state index in [1.807, 2.05) is 0 Å². The van der Waals surface area contributed by atoms with Gasteiger partial charge in [0.1, 0.15) is 0 Å². The van der Waals surface area contributed by atoms with Crippen molar-refractivity contribution in [2.45, 2.75) is 0 Å². The molecule has 0 nitrogen and oxygen atoms in total. The molecule has 0 saturated heterocycles. The van der Waals surface area contributed by atoms with Crippen molar-refractivity contribution in [2.24, 2.45) is 0 Å². The molecule has 0 heterocycles. The van der Waals surface area contributed by atoms with E-state index >= 15 is 0 Å². The highest BCUT2D eigenvalue weighted by Crippen LogP contribution is 2.54. The fraction of sp³-hybridized carbons (Fsp3) is 0. The lowest BCUT2D eigenvalue weighted by Gasteiger charge is -2.16. The number of hydrogen-bond donors (Lipinski definition) is 0. The van der Waals surface area contributed by atoms with Gasteiger partial charge in [0.05, 0.1) is 0 Å². The summed E-state index contributed by atoms with van der Waals surface area (Å²) >= 11 is 0. The second-order valence-corrected chi connectivity index (χ2v) is 5.22. The van der Waals surface area contributed by atoms with Gasteiger partial charge in [0.2, 0.25) is 0 Å². The first-order chi connectivity index (χ1) is 10.4. The average Bonchev–Trinajstić information content (AvgIpc) is 3.33. The molecule has 0 N–H and O–H groups in total. The van der Waals surface area contributed by atoms with Crippen LogP contribution in [0.5, 0.6) is 0 Å². The Hall–Kier alpha value is -2.73. The van der Waals surface area contributed by atoms with Crippen LogP contribution >= 0.6 is 0 Å². The highest BCUT2D eigenvalue weighted by molar-refractivity contribution is 6.14. The van der Waals surface area contributed by atoms with Crippen LogP contribution in [-0.4, -0.2) is 0 Å². The van der Waals surface area contributed by atoms with Crippen LogP contribution in [0, 0.1) is 0 Å². The van der Waals surface area contributed by atoms with Crippen LogP contribution in [-0.2, 0) is 0 Å². The van der Waals surface area contributed by atoms with E-state index in [-0.39, 0.29) is 0 Å². The minimum absolute atomic E-state index is 1.30. The number of rotatable bonds is 3. The van der Waals surface area contributed by atoms with Gasteiger partial charge in [0, 0.05) is 0 Å². The molecular formula is C21H15-3. The van der Waals surface area contributed by atoms with Crippen molar-refractivity contribution in [2.75, 3.05) is 0 Å². The first kappa shape index (κ1) is 12.0. The Morgan fingerprint density at radius 3 is 0.810 bits per heavy atom. The summed E-state index contributed by atoms with van der Waals surface area (Å²) in [6.45, 7) is 0. The molecule has 0 saturated carbocycles. The summed E-state index contributed by atoms with van der Waals surface area (Å²) < 4.78 is 0. The maximum atomic E-state index is 2.19. The maximum Gasteiger partial charge on any atom is -0.0649 e. The van der Waals surface area contributed by atoms with Crippen molar-refractivity contribution >= 4 is 0 Å². The predicted octanol–water partition coefficient (Wildman–Crippen LogP) is 5.84. The normalized spacial score (nSPS) is 10.9. The van der Waals surface area contributed by atoms with E-state index in [1.54, 1.807) is 0 Å². The summed E-state index contributed by atoms with van der Waals surface area (Å²) in [5, 5.41) is 0. The third-order valence-electron chi connectivity index (χ3n) is 3.87. The molecule has 21 heavy (non-hydrogen) atoms. The summed E-state index contributed by atoms with van der Waals surface area (Å²) in [5.41, 5.74) is 8.05. The zero-order valence-corrected chi connectivity index (χ0v) is 11.7. The van der Waals surface area contributed by atoms with Gasteiger partial charge in [0.25, 0.3) is 0 Å². The van der Waals surface area contributed by atoms with E-state index in [9.17, 15) is 0 Å². The van der Waals surface area contributed by atoms with Crippen molar-refractivity contribution in [3.05, 3.63) is 91.0 Å². The van der Waals surface area contributed by atoms with Crippen LogP contribution in [0.2, 0.25) is 0 Å². The molecule has 0 heteroatoms. The Kier molecular flexibility index (Phi) is 2.86. The molecule has 102 valence electrons. The first-order valence-corrected chi connectivity index (χ1v) is 7.23. The lowest BCUT2D eigenvalue weighted by Crippen LogP contribution is -1.68. The molecule has 0 aliphatic rings. The second-order valence-electron chi connectivity index (χ2n) is 5.22. The molecule has 0 aliphatic carbocycles. The Morgan fingerprint density at radius 1 is 0.333 bits per heavy atom. The van der Waals surface area contributed by atoms with Crippen molar-refractivity contribution in [3.8, 4) is 33.4 Å². The summed E-state index contributed by atoms with van der Waals surface area (Å²) in [5.74, 6) is 0. The van der Waals surface area contributed by atoms with Crippen LogP contribution in [0.3, 0.4) is 0 Å². The quantitative estimate of drug-likeness (QED) is 0.409. The van der Waals surface area contributed by atoms with Gasteiger partial charge in [-0.1, -0.05) is 42.5 Å². The molecule has 0 aromatic heterocycles. The summed E-state index contributed by atoms with van der Waals surface area (Å²) in [6, 6.07) is 31.9. The van der Waals surface area contributed by atoms with Crippen molar-refractivity contribution in [1.29, 1.82) is 0 Å². The highest BCUT2D eigenvalue weighted by Gasteiger charge is 1.98. The molecule has 0 aliphatic heterocycles. The summed E-state index contributed by atoms with van der Waals surface area (Å²) in [4.78, 5) is 0. The third-order valence-corrected chi connectivity index (χ3v) is 3.87. The summed E-state index contributed by atoms with van der Waals surface area (Å²) in [7, 11) is 0. The minimum atomic E-state index is 1.30. The molecule has 0 bridgehead atoms. The number of benzene rings is 3. The smallest absolute Gasteiger partial charge is 0.0649 e. The van der Waals surface area contributed by atoms with Gasteiger partial charge in [-0.3, -0.25) is 5.56 Å². The third kappa shape index (κ3) is 2.15. The maximum absolute atomic E-state index is 2.19. The average molecular weight is 267 g/mol. The van der Waals surface area contributed by atoms with Crippen molar-refractivity contribution in [1.82, 2.24) is 0 Å². The monoisotopic (exact) mass is 267 g/mol. The van der Waals surface area contributed by atoms with Crippen molar-refractivity contribution < 1.29 is 0 Å². The second kappa shape index (κ2) is 4.99. The molecule has 0 radical (unpaired) electrons. The predicted molar refractivity (Wildman–Crippen MR) is 89.5 cm³/mol. The van der Waals surface area contributed by atoms with E-state index in [1.165, 1.54) is 33.4 Å². The molecule has 4 aromatic rings. The Labute approximate surface area is 125 Å². The van der Waals surface area contributed by atoms with Gasteiger partial charge in [-0.05, 0) is 0 Å². The van der Waals surface area contributed by atoms with Gasteiger partial charge in [0.15, 0.2) is 0 Å². The fourth-order valence-corrected chi connectivity index (χ4v) is 2.87. The topological polar surface area (TPSA) is 0 Å². The van der Waals surface area contributed by atoms with Crippen LogP contribution in [0.4, 0.5) is 0 Å². The van der Waals surface area contributed by atoms with Crippen molar-refractivity contribution in [3.63, 3.8) is 0 Å². The van der Waals surface area contributed by atoms with E-state index < -0.39 is 0 Å². The molecule has 0 atom stereocenters. The van der Waals surface area contributed by atoms with Crippen LogP contribution in [0.15, 0.2) is 91.0 Å². The molecule has 0 spiro atoms. The van der Waals surface area contributed by atoms with Crippen LogP contribution < -0.4 is 0 Å². The van der Waals surface area contributed by atoms with E-state index in [2.05, 4.69) is 91.0 Å². The molecule has 4 rings (SSSR count). The highest BCUT2D eigenvalue weighted by atomic mass is 14.3. The van der Waals surface area contributed by atoms with Crippen LogP contribution in [0.1, 0.15) is 0 Å². The minimum Gasteiger partial charge on any atom is -0.377 e. The zero-order valence-electron chi connectivity index (χ0n) is 11.7. The molecular weight excluding hydrogens is 252 g/mol. The Balaban J connectivity index is 1.88. The van der Waals surface area contributed by atoms with Gasteiger partial charge < -0.3 is 16.7 Å². The van der Waals surface area contributed by atoms with Crippen LogP contribution in [0.25, 0.3) is 33.4 Å². The molecule has 0 fully saturated rings. The lowest BCUT2D eigenvalue weighted by atomic mass is 10.1. The molecule has 0 unspecified atom stereocenters.